The van der Waals surface area contributed by atoms with Gasteiger partial charge in [0.1, 0.15) is 5.75 Å². The van der Waals surface area contributed by atoms with Gasteiger partial charge in [-0.3, -0.25) is 4.79 Å². The molecule has 1 fully saturated rings. The highest BCUT2D eigenvalue weighted by atomic mass is 79.9. The molecular weight excluding hydrogens is 354 g/mol. The molecule has 1 aliphatic rings. The molecule has 1 amide bonds. The van der Waals surface area contributed by atoms with Crippen LogP contribution in [0.4, 0.5) is 0 Å². The second-order valence-electron chi connectivity index (χ2n) is 6.05. The van der Waals surface area contributed by atoms with E-state index in [1.807, 2.05) is 48.3 Å². The van der Waals surface area contributed by atoms with Gasteiger partial charge in [-0.1, -0.05) is 40.2 Å². The van der Waals surface area contributed by atoms with Crippen LogP contribution in [0.15, 0.2) is 53.0 Å². The molecule has 4 heteroatoms. The summed E-state index contributed by atoms with van der Waals surface area (Å²) in [6.07, 6.45) is 0.947. The van der Waals surface area contributed by atoms with Crippen LogP contribution in [-0.4, -0.2) is 25.0 Å². The Kier molecular flexibility index (Phi) is 4.71. The molecule has 0 spiro atoms. The van der Waals surface area contributed by atoms with Crippen molar-refractivity contribution in [3.63, 3.8) is 0 Å². The molecule has 0 N–H and O–H groups in total. The van der Waals surface area contributed by atoms with Gasteiger partial charge in [0.2, 0.25) is 5.91 Å². The van der Waals surface area contributed by atoms with Crippen molar-refractivity contribution in [1.29, 1.82) is 0 Å². The summed E-state index contributed by atoms with van der Waals surface area (Å²) < 4.78 is 6.23. The molecule has 3 rings (SSSR count). The van der Waals surface area contributed by atoms with Gasteiger partial charge < -0.3 is 9.64 Å². The Labute approximate surface area is 145 Å². The molecule has 2 aromatic carbocycles. The number of hydrogen-bond donors (Lipinski definition) is 0. The van der Waals surface area contributed by atoms with Crippen molar-refractivity contribution in [3.8, 4) is 5.75 Å². The standard InChI is InChI=1S/C19H20BrNO2/c1-21(12-13-6-8-16(23-2)9-7-13)19(22)18-11-17(18)14-4-3-5-15(20)10-14/h3-10,17-18H,11-12H2,1-2H3. The highest BCUT2D eigenvalue weighted by Gasteiger charge is 2.45. The topological polar surface area (TPSA) is 29.5 Å². The maximum absolute atomic E-state index is 12.6. The van der Waals surface area contributed by atoms with Crippen molar-refractivity contribution in [2.45, 2.75) is 18.9 Å². The van der Waals surface area contributed by atoms with Crippen LogP contribution in [0.3, 0.4) is 0 Å². The van der Waals surface area contributed by atoms with E-state index >= 15 is 0 Å². The van der Waals surface area contributed by atoms with E-state index in [0.717, 1.165) is 22.2 Å². The predicted octanol–water partition coefficient (Wildman–Crippen LogP) is 4.22. The highest BCUT2D eigenvalue weighted by molar-refractivity contribution is 9.10. The first-order valence-electron chi connectivity index (χ1n) is 7.72. The van der Waals surface area contributed by atoms with Gasteiger partial charge in [-0.2, -0.15) is 0 Å². The van der Waals surface area contributed by atoms with Crippen LogP contribution in [0.2, 0.25) is 0 Å². The number of rotatable bonds is 5. The summed E-state index contributed by atoms with van der Waals surface area (Å²) in [4.78, 5) is 14.4. The van der Waals surface area contributed by atoms with Gasteiger partial charge in [0.05, 0.1) is 7.11 Å². The molecule has 0 aliphatic heterocycles. The number of nitrogens with zero attached hydrogens (tertiary/aromatic N) is 1. The van der Waals surface area contributed by atoms with E-state index < -0.39 is 0 Å². The Morgan fingerprint density at radius 2 is 2.00 bits per heavy atom. The summed E-state index contributed by atoms with van der Waals surface area (Å²) in [6.45, 7) is 0.629. The Balaban J connectivity index is 1.60. The fourth-order valence-electron chi connectivity index (χ4n) is 2.94. The summed E-state index contributed by atoms with van der Waals surface area (Å²) in [5.74, 6) is 1.54. The quantitative estimate of drug-likeness (QED) is 0.784. The van der Waals surface area contributed by atoms with Crippen molar-refractivity contribution in [3.05, 3.63) is 64.1 Å². The normalized spacial score (nSPS) is 19.3. The lowest BCUT2D eigenvalue weighted by Gasteiger charge is -2.17. The van der Waals surface area contributed by atoms with E-state index in [4.69, 9.17) is 4.74 Å². The van der Waals surface area contributed by atoms with Crippen LogP contribution in [0.5, 0.6) is 5.75 Å². The average molecular weight is 374 g/mol. The first kappa shape index (κ1) is 16.1. The zero-order chi connectivity index (χ0) is 16.4. The second-order valence-corrected chi connectivity index (χ2v) is 6.96. The Bertz CT molecular complexity index is 699. The first-order valence-corrected chi connectivity index (χ1v) is 8.51. The molecule has 3 nitrogen and oxygen atoms in total. The van der Waals surface area contributed by atoms with Crippen LogP contribution in [-0.2, 0) is 11.3 Å². The van der Waals surface area contributed by atoms with Crippen LogP contribution in [0.1, 0.15) is 23.5 Å². The number of amides is 1. The maximum atomic E-state index is 12.6. The van der Waals surface area contributed by atoms with Crippen LogP contribution in [0.25, 0.3) is 0 Å². The second kappa shape index (κ2) is 6.75. The molecule has 0 radical (unpaired) electrons. The predicted molar refractivity (Wildman–Crippen MR) is 94.5 cm³/mol. The summed E-state index contributed by atoms with van der Waals surface area (Å²) in [5.41, 5.74) is 2.36. The summed E-state index contributed by atoms with van der Waals surface area (Å²) in [5, 5.41) is 0. The average Bonchev–Trinajstić information content (AvgIpc) is 3.35. The SMILES string of the molecule is COc1ccc(CN(C)C(=O)C2CC2c2cccc(Br)c2)cc1. The number of carbonyl (C=O) groups is 1. The molecular formula is C19H20BrNO2. The molecule has 2 atom stereocenters. The summed E-state index contributed by atoms with van der Waals surface area (Å²) in [7, 11) is 3.53. The zero-order valence-corrected chi connectivity index (χ0v) is 14.9. The van der Waals surface area contributed by atoms with E-state index in [1.54, 1.807) is 7.11 Å². The molecule has 1 saturated carbocycles. The largest absolute Gasteiger partial charge is 0.497 e. The lowest BCUT2D eigenvalue weighted by atomic mass is 10.1. The maximum Gasteiger partial charge on any atom is 0.226 e. The van der Waals surface area contributed by atoms with Crippen molar-refractivity contribution >= 4 is 21.8 Å². The molecule has 23 heavy (non-hydrogen) atoms. The lowest BCUT2D eigenvalue weighted by Crippen LogP contribution is -2.28. The number of methoxy groups -OCH3 is 1. The zero-order valence-electron chi connectivity index (χ0n) is 13.3. The Morgan fingerprint density at radius 1 is 1.26 bits per heavy atom. The van der Waals surface area contributed by atoms with Gasteiger partial charge in [0.15, 0.2) is 0 Å². The smallest absolute Gasteiger partial charge is 0.226 e. The molecule has 2 unspecified atom stereocenters. The molecule has 2 aromatic rings. The third kappa shape index (κ3) is 3.75. The number of benzene rings is 2. The van der Waals surface area contributed by atoms with Gasteiger partial charge in [0, 0.05) is 24.0 Å². The lowest BCUT2D eigenvalue weighted by molar-refractivity contribution is -0.131. The molecule has 120 valence electrons. The number of halogens is 1. The third-order valence-electron chi connectivity index (χ3n) is 4.34. The van der Waals surface area contributed by atoms with Crippen LogP contribution < -0.4 is 4.74 Å². The third-order valence-corrected chi connectivity index (χ3v) is 4.83. The van der Waals surface area contributed by atoms with E-state index in [1.165, 1.54) is 5.56 Å². The van der Waals surface area contributed by atoms with Crippen molar-refractivity contribution in [1.82, 2.24) is 4.90 Å². The molecule has 1 aliphatic carbocycles. The van der Waals surface area contributed by atoms with Gasteiger partial charge in [-0.25, -0.2) is 0 Å². The van der Waals surface area contributed by atoms with Crippen molar-refractivity contribution < 1.29 is 9.53 Å². The fourth-order valence-corrected chi connectivity index (χ4v) is 3.36. The summed E-state index contributed by atoms with van der Waals surface area (Å²) in [6, 6.07) is 16.1. The number of hydrogen-bond acceptors (Lipinski definition) is 2. The minimum Gasteiger partial charge on any atom is -0.497 e. The summed E-state index contributed by atoms with van der Waals surface area (Å²) >= 11 is 3.49. The Hall–Kier alpha value is -1.81. The first-order chi connectivity index (χ1) is 11.1. The van der Waals surface area contributed by atoms with E-state index in [0.29, 0.717) is 12.5 Å². The minimum absolute atomic E-state index is 0.118. The molecule has 0 bridgehead atoms. The van der Waals surface area contributed by atoms with Gasteiger partial charge >= 0.3 is 0 Å². The minimum atomic E-state index is 0.118. The van der Waals surface area contributed by atoms with E-state index in [2.05, 4.69) is 28.1 Å². The van der Waals surface area contributed by atoms with E-state index in [9.17, 15) is 4.79 Å². The van der Waals surface area contributed by atoms with Crippen LogP contribution in [0, 0.1) is 5.92 Å². The molecule has 0 aromatic heterocycles. The van der Waals surface area contributed by atoms with Gasteiger partial charge in [0.25, 0.3) is 0 Å². The van der Waals surface area contributed by atoms with Crippen molar-refractivity contribution in [2.75, 3.05) is 14.2 Å². The Morgan fingerprint density at radius 3 is 2.65 bits per heavy atom. The fraction of sp³-hybridized carbons (Fsp3) is 0.316. The number of carbonyl (C=O) groups excluding carboxylic acids is 1. The van der Waals surface area contributed by atoms with Gasteiger partial charge in [-0.15, -0.1) is 0 Å². The highest BCUT2D eigenvalue weighted by Crippen LogP contribution is 2.48. The molecule has 0 heterocycles. The molecule has 0 saturated heterocycles. The number of ether oxygens (including phenoxy) is 1. The van der Waals surface area contributed by atoms with Gasteiger partial charge in [-0.05, 0) is 47.7 Å². The van der Waals surface area contributed by atoms with Crippen molar-refractivity contribution in [2.24, 2.45) is 5.92 Å². The van der Waals surface area contributed by atoms with E-state index in [-0.39, 0.29) is 11.8 Å². The van der Waals surface area contributed by atoms with Crippen LogP contribution >= 0.6 is 15.9 Å². The monoisotopic (exact) mass is 373 g/mol.